The lowest BCUT2D eigenvalue weighted by atomic mass is 10.1. The monoisotopic (exact) mass is 251 g/mol. The van der Waals surface area contributed by atoms with Crippen molar-refractivity contribution in [2.45, 2.75) is 20.3 Å². The Kier molecular flexibility index (Phi) is 6.61. The Labute approximate surface area is 109 Å². The van der Waals surface area contributed by atoms with Gasteiger partial charge in [0.05, 0.1) is 6.61 Å². The minimum absolute atomic E-state index is 0.163. The zero-order chi connectivity index (χ0) is 13.4. The Hall–Kier alpha value is -1.19. The molecular weight excluding hydrogens is 229 g/mol. The van der Waals surface area contributed by atoms with Gasteiger partial charge >= 0.3 is 0 Å². The van der Waals surface area contributed by atoms with E-state index >= 15 is 0 Å². The first-order chi connectivity index (χ1) is 8.67. The van der Waals surface area contributed by atoms with Crippen molar-refractivity contribution in [1.29, 1.82) is 0 Å². The fraction of sp³-hybridized carbons (Fsp3) is 0.467. The molecule has 0 atom stereocenters. The van der Waals surface area contributed by atoms with Crippen molar-refractivity contribution in [2.75, 3.05) is 26.8 Å². The van der Waals surface area contributed by atoms with E-state index in [0.29, 0.717) is 12.2 Å². The van der Waals surface area contributed by atoms with Crippen LogP contribution in [-0.2, 0) is 4.74 Å². The van der Waals surface area contributed by atoms with Crippen LogP contribution in [-0.4, -0.2) is 26.8 Å². The minimum atomic E-state index is -0.163. The average molecular weight is 251 g/mol. The first kappa shape index (κ1) is 14.9. The van der Waals surface area contributed by atoms with Gasteiger partial charge in [-0.2, -0.15) is 0 Å². The predicted molar refractivity (Wildman–Crippen MR) is 74.2 cm³/mol. The summed E-state index contributed by atoms with van der Waals surface area (Å²) in [7, 11) is 1.68. The number of ether oxygens (including phenoxy) is 1. The van der Waals surface area contributed by atoms with Gasteiger partial charge in [-0.05, 0) is 25.5 Å². The van der Waals surface area contributed by atoms with Crippen molar-refractivity contribution in [3.63, 3.8) is 0 Å². The van der Waals surface area contributed by atoms with E-state index in [4.69, 9.17) is 4.74 Å². The molecule has 0 amide bonds. The topological polar surface area (TPSA) is 21.3 Å². The molecular formula is C15H22FNO. The summed E-state index contributed by atoms with van der Waals surface area (Å²) in [6, 6.07) is 5.18. The van der Waals surface area contributed by atoms with Gasteiger partial charge in [0.15, 0.2) is 0 Å². The number of hydrogen-bond acceptors (Lipinski definition) is 2. The molecule has 0 bridgehead atoms. The average Bonchev–Trinajstić information content (AvgIpc) is 2.37. The lowest BCUT2D eigenvalue weighted by molar-refractivity contribution is 0.200. The Morgan fingerprint density at radius 3 is 2.89 bits per heavy atom. The van der Waals surface area contributed by atoms with Gasteiger partial charge in [-0.15, -0.1) is 0 Å². The van der Waals surface area contributed by atoms with E-state index in [1.165, 1.54) is 11.6 Å². The molecule has 0 fully saturated rings. The van der Waals surface area contributed by atoms with E-state index in [9.17, 15) is 4.39 Å². The summed E-state index contributed by atoms with van der Waals surface area (Å²) < 4.78 is 18.6. The van der Waals surface area contributed by atoms with E-state index in [1.807, 2.05) is 19.1 Å². The van der Waals surface area contributed by atoms with E-state index in [0.717, 1.165) is 25.1 Å². The molecule has 0 aliphatic carbocycles. The summed E-state index contributed by atoms with van der Waals surface area (Å²) in [5, 5.41) is 3.28. The van der Waals surface area contributed by atoms with Gasteiger partial charge in [-0.25, -0.2) is 4.39 Å². The summed E-state index contributed by atoms with van der Waals surface area (Å²) >= 11 is 0. The molecule has 100 valence electrons. The van der Waals surface area contributed by atoms with E-state index in [1.54, 1.807) is 13.2 Å². The lowest BCUT2D eigenvalue weighted by Crippen LogP contribution is -2.21. The second-order valence-electron chi connectivity index (χ2n) is 4.35. The van der Waals surface area contributed by atoms with E-state index in [-0.39, 0.29) is 5.82 Å². The third-order valence-electron chi connectivity index (χ3n) is 2.80. The molecule has 18 heavy (non-hydrogen) atoms. The third-order valence-corrected chi connectivity index (χ3v) is 2.80. The first-order valence-electron chi connectivity index (χ1n) is 6.32. The molecule has 1 rings (SSSR count). The number of benzene rings is 1. The van der Waals surface area contributed by atoms with Crippen LogP contribution in [0.3, 0.4) is 0 Å². The number of aryl methyl sites for hydroxylation is 1. The Morgan fingerprint density at radius 2 is 2.22 bits per heavy atom. The van der Waals surface area contributed by atoms with E-state index in [2.05, 4.69) is 12.2 Å². The summed E-state index contributed by atoms with van der Waals surface area (Å²) in [6.45, 7) is 6.32. The molecule has 0 unspecified atom stereocenters. The zero-order valence-electron chi connectivity index (χ0n) is 11.4. The molecule has 1 aromatic carbocycles. The maximum absolute atomic E-state index is 13.6. The van der Waals surface area contributed by atoms with Crippen molar-refractivity contribution >= 4 is 6.08 Å². The predicted octanol–water partition coefficient (Wildman–Crippen LogP) is 3.16. The van der Waals surface area contributed by atoms with Gasteiger partial charge < -0.3 is 10.1 Å². The van der Waals surface area contributed by atoms with Gasteiger partial charge in [-0.3, -0.25) is 0 Å². The number of hydrogen-bond donors (Lipinski definition) is 1. The maximum Gasteiger partial charge on any atom is 0.130 e. The van der Waals surface area contributed by atoms with Crippen molar-refractivity contribution in [3.05, 3.63) is 40.7 Å². The van der Waals surface area contributed by atoms with Crippen LogP contribution >= 0.6 is 0 Å². The Bertz CT molecular complexity index is 401. The Balaban J connectivity index is 2.68. The molecule has 1 aromatic rings. The van der Waals surface area contributed by atoms with Gasteiger partial charge in [-0.1, -0.05) is 30.2 Å². The van der Waals surface area contributed by atoms with Crippen LogP contribution in [0.15, 0.2) is 23.8 Å². The number of nitrogens with one attached hydrogen (secondary N) is 1. The van der Waals surface area contributed by atoms with Crippen molar-refractivity contribution in [3.8, 4) is 0 Å². The highest BCUT2D eigenvalue weighted by molar-refractivity contribution is 5.54. The van der Waals surface area contributed by atoms with Crippen LogP contribution in [0.2, 0.25) is 0 Å². The molecule has 0 heterocycles. The number of halogens is 1. The summed E-state index contributed by atoms with van der Waals surface area (Å²) in [5.74, 6) is -0.163. The number of rotatable bonds is 7. The molecule has 3 heteroatoms. The van der Waals surface area contributed by atoms with Crippen LogP contribution in [0, 0.1) is 12.7 Å². The van der Waals surface area contributed by atoms with E-state index < -0.39 is 0 Å². The van der Waals surface area contributed by atoms with Gasteiger partial charge in [0.25, 0.3) is 0 Å². The Morgan fingerprint density at radius 1 is 1.44 bits per heavy atom. The highest BCUT2D eigenvalue weighted by Gasteiger charge is 2.01. The van der Waals surface area contributed by atoms with Crippen molar-refractivity contribution < 1.29 is 9.13 Å². The smallest absolute Gasteiger partial charge is 0.130 e. The van der Waals surface area contributed by atoms with Gasteiger partial charge in [0, 0.05) is 25.8 Å². The summed E-state index contributed by atoms with van der Waals surface area (Å²) in [6.07, 6.45) is 2.84. The normalized spacial score (nSPS) is 11.9. The second-order valence-corrected chi connectivity index (χ2v) is 4.35. The summed E-state index contributed by atoms with van der Waals surface area (Å²) in [4.78, 5) is 0. The van der Waals surface area contributed by atoms with Crippen LogP contribution in [0.25, 0.3) is 6.08 Å². The quantitative estimate of drug-likeness (QED) is 0.752. The SMILES string of the molecule is CC/C(=C/c1cc(C)ccc1F)CNCCOC. The molecule has 0 radical (unpaired) electrons. The van der Waals surface area contributed by atoms with Crippen LogP contribution in [0.4, 0.5) is 4.39 Å². The highest BCUT2D eigenvalue weighted by Crippen LogP contribution is 2.15. The molecule has 2 nitrogen and oxygen atoms in total. The first-order valence-corrected chi connectivity index (χ1v) is 6.32. The second kappa shape index (κ2) is 8.01. The van der Waals surface area contributed by atoms with Crippen molar-refractivity contribution in [1.82, 2.24) is 5.32 Å². The largest absolute Gasteiger partial charge is 0.383 e. The van der Waals surface area contributed by atoms with Crippen LogP contribution < -0.4 is 5.32 Å². The standard InChI is InChI=1S/C15H22FNO/c1-4-13(11-17-7-8-18-3)10-14-9-12(2)5-6-15(14)16/h5-6,9-10,17H,4,7-8,11H2,1-3H3/b13-10-. The molecule has 0 spiro atoms. The van der Waals surface area contributed by atoms with Crippen molar-refractivity contribution in [2.24, 2.45) is 0 Å². The molecule has 0 aromatic heterocycles. The van der Waals surface area contributed by atoms with Gasteiger partial charge in [0.1, 0.15) is 5.82 Å². The minimum Gasteiger partial charge on any atom is -0.383 e. The number of methoxy groups -OCH3 is 1. The van der Waals surface area contributed by atoms with Gasteiger partial charge in [0.2, 0.25) is 0 Å². The zero-order valence-corrected chi connectivity index (χ0v) is 11.4. The fourth-order valence-electron chi connectivity index (χ4n) is 1.69. The molecule has 1 N–H and O–H groups in total. The fourth-order valence-corrected chi connectivity index (χ4v) is 1.69. The van der Waals surface area contributed by atoms with Crippen LogP contribution in [0.5, 0.6) is 0 Å². The molecule has 0 saturated carbocycles. The highest BCUT2D eigenvalue weighted by atomic mass is 19.1. The third kappa shape index (κ3) is 4.98. The molecule has 0 aliphatic heterocycles. The summed E-state index contributed by atoms with van der Waals surface area (Å²) in [5.41, 5.74) is 2.93. The molecule has 0 aliphatic rings. The lowest BCUT2D eigenvalue weighted by Gasteiger charge is -2.08. The maximum atomic E-state index is 13.6. The molecule has 0 saturated heterocycles. The van der Waals surface area contributed by atoms with Crippen LogP contribution in [0.1, 0.15) is 24.5 Å².